The Bertz CT molecular complexity index is 157. The molecule has 2 heteroatoms. The van der Waals surface area contributed by atoms with Crippen LogP contribution in [0.15, 0.2) is 0 Å². The van der Waals surface area contributed by atoms with Crippen LogP contribution < -0.4 is 0 Å². The molecular weight excluding hydrogens is 150 g/mol. The second-order valence-corrected chi connectivity index (χ2v) is 4.36. The summed E-state index contributed by atoms with van der Waals surface area (Å²) in [7, 11) is 1.65. The van der Waals surface area contributed by atoms with Crippen molar-refractivity contribution in [3.63, 3.8) is 0 Å². The first-order chi connectivity index (χ1) is 5.61. The molecule has 1 aliphatic rings. The molecule has 12 heavy (non-hydrogen) atoms. The van der Waals surface area contributed by atoms with Gasteiger partial charge in [0.15, 0.2) is 7.05 Å². The molecule has 0 bridgehead atoms. The number of nitroso groups, excluding NO2 is 1. The standard InChI is InChI=1S/C10H20NO/c1-8(2)9-4-6-10(7-5-9)11(3)12/h8-10H,4-7H2,1-3H3/q+1. The lowest BCUT2D eigenvalue weighted by molar-refractivity contribution is -0.562. The molecule has 0 spiro atoms. The Labute approximate surface area is 74.9 Å². The third-order valence-electron chi connectivity index (χ3n) is 3.20. The number of hydrogen-bond acceptors (Lipinski definition) is 1. The van der Waals surface area contributed by atoms with Crippen molar-refractivity contribution in [1.29, 1.82) is 0 Å². The molecule has 0 radical (unpaired) electrons. The quantitative estimate of drug-likeness (QED) is 0.583. The van der Waals surface area contributed by atoms with Gasteiger partial charge >= 0.3 is 0 Å². The first kappa shape index (κ1) is 9.69. The van der Waals surface area contributed by atoms with Gasteiger partial charge in [-0.1, -0.05) is 13.8 Å². The Hall–Kier alpha value is -0.400. The molecule has 1 rings (SSSR count). The van der Waals surface area contributed by atoms with Gasteiger partial charge in [-0.25, -0.2) is 0 Å². The molecule has 0 aliphatic heterocycles. The lowest BCUT2D eigenvalue weighted by Gasteiger charge is -2.26. The molecule has 0 amide bonds. The summed E-state index contributed by atoms with van der Waals surface area (Å²) in [6.07, 6.45) is 4.69. The monoisotopic (exact) mass is 170 g/mol. The first-order valence-electron chi connectivity index (χ1n) is 5.01. The highest BCUT2D eigenvalue weighted by molar-refractivity contribution is 4.73. The third kappa shape index (κ3) is 2.29. The van der Waals surface area contributed by atoms with E-state index in [9.17, 15) is 4.91 Å². The van der Waals surface area contributed by atoms with Crippen LogP contribution in [0.25, 0.3) is 0 Å². The summed E-state index contributed by atoms with van der Waals surface area (Å²) in [6.45, 7) is 4.57. The normalized spacial score (nSPS) is 30.7. The van der Waals surface area contributed by atoms with E-state index in [0.29, 0.717) is 6.04 Å². The molecular formula is C10H20NO+. The van der Waals surface area contributed by atoms with E-state index in [1.54, 1.807) is 7.05 Å². The number of rotatable bonds is 2. The zero-order chi connectivity index (χ0) is 9.14. The van der Waals surface area contributed by atoms with Crippen LogP contribution in [0, 0.1) is 16.7 Å². The highest BCUT2D eigenvalue weighted by Crippen LogP contribution is 2.30. The van der Waals surface area contributed by atoms with Gasteiger partial charge in [0, 0.05) is 17.7 Å². The third-order valence-corrected chi connectivity index (χ3v) is 3.20. The van der Waals surface area contributed by atoms with Gasteiger partial charge in [0.25, 0.3) is 0 Å². The number of hydrogen-bond donors (Lipinski definition) is 0. The Kier molecular flexibility index (Phi) is 3.24. The second-order valence-electron chi connectivity index (χ2n) is 4.36. The fourth-order valence-electron chi connectivity index (χ4n) is 2.13. The molecule has 0 aromatic carbocycles. The van der Waals surface area contributed by atoms with E-state index in [-0.39, 0.29) is 0 Å². The summed E-state index contributed by atoms with van der Waals surface area (Å²) in [5.74, 6) is 1.66. The van der Waals surface area contributed by atoms with E-state index in [0.717, 1.165) is 29.4 Å². The van der Waals surface area contributed by atoms with Gasteiger partial charge in [-0.15, -0.1) is 0 Å². The number of nitrogens with zero attached hydrogens (tertiary/aromatic N) is 1. The van der Waals surface area contributed by atoms with E-state index < -0.39 is 0 Å². The van der Waals surface area contributed by atoms with E-state index in [4.69, 9.17) is 0 Å². The van der Waals surface area contributed by atoms with Crippen molar-refractivity contribution in [2.75, 3.05) is 7.05 Å². The maximum absolute atomic E-state index is 11.0. The lowest BCUT2D eigenvalue weighted by atomic mass is 9.80. The molecule has 0 aromatic rings. The summed E-state index contributed by atoms with van der Waals surface area (Å²) < 4.78 is 1.14. The summed E-state index contributed by atoms with van der Waals surface area (Å²) in [4.78, 5) is 11.0. The molecule has 1 fully saturated rings. The fourth-order valence-corrected chi connectivity index (χ4v) is 2.13. The van der Waals surface area contributed by atoms with Gasteiger partial charge in [0.05, 0.1) is 0 Å². The smallest absolute Gasteiger partial charge is 0.0625 e. The minimum absolute atomic E-state index is 0.306. The predicted octanol–water partition coefficient (Wildman–Crippen LogP) is 2.61. The maximum atomic E-state index is 11.0. The van der Waals surface area contributed by atoms with Gasteiger partial charge in [-0.05, 0) is 29.4 Å². The van der Waals surface area contributed by atoms with Crippen LogP contribution in [0.4, 0.5) is 0 Å². The molecule has 2 nitrogen and oxygen atoms in total. The fraction of sp³-hybridized carbons (Fsp3) is 1.00. The van der Waals surface area contributed by atoms with Crippen LogP contribution in [0.2, 0.25) is 0 Å². The topological polar surface area (TPSA) is 20.1 Å². The second kappa shape index (κ2) is 4.01. The van der Waals surface area contributed by atoms with Crippen molar-refractivity contribution in [3.8, 4) is 0 Å². The molecule has 0 heterocycles. The molecule has 0 N–H and O–H groups in total. The van der Waals surface area contributed by atoms with Gasteiger partial charge in [0.1, 0.15) is 0 Å². The molecule has 1 saturated carbocycles. The molecule has 70 valence electrons. The van der Waals surface area contributed by atoms with Gasteiger partial charge in [0.2, 0.25) is 6.04 Å². The van der Waals surface area contributed by atoms with Crippen molar-refractivity contribution in [3.05, 3.63) is 4.91 Å². The summed E-state index contributed by atoms with van der Waals surface area (Å²) >= 11 is 0. The van der Waals surface area contributed by atoms with Gasteiger partial charge in [-0.3, -0.25) is 0 Å². The van der Waals surface area contributed by atoms with E-state index in [1.165, 1.54) is 12.8 Å². The van der Waals surface area contributed by atoms with Crippen molar-refractivity contribution >= 4 is 0 Å². The molecule has 1 aliphatic carbocycles. The highest BCUT2D eigenvalue weighted by Gasteiger charge is 2.29. The van der Waals surface area contributed by atoms with Crippen molar-refractivity contribution in [2.45, 2.75) is 45.6 Å². The Morgan fingerprint density at radius 3 is 2.00 bits per heavy atom. The minimum Gasteiger partial charge on any atom is -0.0625 e. The highest BCUT2D eigenvalue weighted by atomic mass is 16.3. The maximum Gasteiger partial charge on any atom is 0.201 e. The van der Waals surface area contributed by atoms with Gasteiger partial charge < -0.3 is 0 Å². The SMILES string of the molecule is CC(C)C1CCC([N+](C)=O)CC1. The van der Waals surface area contributed by atoms with Crippen LogP contribution in [0.5, 0.6) is 0 Å². The first-order valence-corrected chi connectivity index (χ1v) is 5.01. The average Bonchev–Trinajstić information content (AvgIpc) is 2.04. The van der Waals surface area contributed by atoms with Gasteiger partial charge in [-0.2, -0.15) is 0 Å². The summed E-state index contributed by atoms with van der Waals surface area (Å²) in [5.41, 5.74) is 0. The molecule has 0 saturated heterocycles. The molecule has 0 atom stereocenters. The average molecular weight is 170 g/mol. The van der Waals surface area contributed by atoms with E-state index in [2.05, 4.69) is 13.8 Å². The Balaban J connectivity index is 2.34. The predicted molar refractivity (Wildman–Crippen MR) is 50.1 cm³/mol. The van der Waals surface area contributed by atoms with E-state index >= 15 is 0 Å². The zero-order valence-electron chi connectivity index (χ0n) is 8.42. The van der Waals surface area contributed by atoms with Crippen LogP contribution in [0.3, 0.4) is 0 Å². The minimum atomic E-state index is 0.306. The molecule has 0 unspecified atom stereocenters. The zero-order valence-corrected chi connectivity index (χ0v) is 8.42. The van der Waals surface area contributed by atoms with Crippen molar-refractivity contribution < 1.29 is 4.76 Å². The van der Waals surface area contributed by atoms with Crippen molar-refractivity contribution in [2.24, 2.45) is 11.8 Å². The van der Waals surface area contributed by atoms with Crippen LogP contribution in [-0.2, 0) is 0 Å². The van der Waals surface area contributed by atoms with Crippen LogP contribution >= 0.6 is 0 Å². The van der Waals surface area contributed by atoms with Crippen molar-refractivity contribution in [1.82, 2.24) is 0 Å². The molecule has 0 aromatic heterocycles. The largest absolute Gasteiger partial charge is 0.201 e. The van der Waals surface area contributed by atoms with Crippen LogP contribution in [0.1, 0.15) is 39.5 Å². The lowest BCUT2D eigenvalue weighted by Crippen LogP contribution is -2.28. The van der Waals surface area contributed by atoms with Crippen LogP contribution in [-0.4, -0.2) is 17.8 Å². The Morgan fingerprint density at radius 2 is 1.67 bits per heavy atom. The summed E-state index contributed by atoms with van der Waals surface area (Å²) in [5, 5.41) is 0. The van der Waals surface area contributed by atoms with E-state index in [1.807, 2.05) is 0 Å². The summed E-state index contributed by atoms with van der Waals surface area (Å²) in [6, 6.07) is 0.306. The Morgan fingerprint density at radius 1 is 1.17 bits per heavy atom.